The topological polar surface area (TPSA) is 64.4 Å². The van der Waals surface area contributed by atoms with Gasteiger partial charge in [0.1, 0.15) is 6.73 Å². The van der Waals surface area contributed by atoms with Gasteiger partial charge in [-0.05, 0) is 35.9 Å². The minimum absolute atomic E-state index is 0.275. The molecule has 0 saturated carbocycles. The monoisotopic (exact) mass is 507 g/mol. The highest BCUT2D eigenvalue weighted by atomic mass is 28.3. The van der Waals surface area contributed by atoms with Gasteiger partial charge in [0, 0.05) is 49.6 Å². The maximum absolute atomic E-state index is 13.5. The van der Waals surface area contributed by atoms with Gasteiger partial charge in [-0.15, -0.1) is 0 Å². The van der Waals surface area contributed by atoms with Crippen molar-refractivity contribution in [3.63, 3.8) is 0 Å². The SMILES string of the molecule is CN1C(=O)c2c(-c3cnc4ccccc4c3)cc3c(c2C1=O)c1ccccc1n3COCC[Si](C)(C)C. The Kier molecular flexibility index (Phi) is 5.51. The summed E-state index contributed by atoms with van der Waals surface area (Å²) in [7, 11) is 0.324. The quantitative estimate of drug-likeness (QED) is 0.149. The fourth-order valence-corrected chi connectivity index (χ4v) is 5.94. The summed E-state index contributed by atoms with van der Waals surface area (Å²) in [5, 5.41) is 2.73. The molecule has 0 saturated heterocycles. The van der Waals surface area contributed by atoms with Crippen LogP contribution in [0.3, 0.4) is 0 Å². The molecule has 2 aromatic heterocycles. The Morgan fingerprint density at radius 2 is 1.62 bits per heavy atom. The second kappa shape index (κ2) is 8.64. The summed E-state index contributed by atoms with van der Waals surface area (Å²) < 4.78 is 8.31. The predicted molar refractivity (Wildman–Crippen MR) is 151 cm³/mol. The largest absolute Gasteiger partial charge is 0.361 e. The zero-order valence-electron chi connectivity index (χ0n) is 21.5. The van der Waals surface area contributed by atoms with E-state index in [4.69, 9.17) is 4.74 Å². The van der Waals surface area contributed by atoms with Crippen molar-refractivity contribution in [1.82, 2.24) is 14.5 Å². The summed E-state index contributed by atoms with van der Waals surface area (Å²) >= 11 is 0. The number of aromatic nitrogens is 2. The van der Waals surface area contributed by atoms with E-state index in [0.717, 1.165) is 49.9 Å². The Balaban J connectivity index is 1.61. The Bertz CT molecular complexity index is 1730. The summed E-state index contributed by atoms with van der Waals surface area (Å²) in [6, 6.07) is 21.1. The van der Waals surface area contributed by atoms with Crippen LogP contribution in [0.4, 0.5) is 0 Å². The Morgan fingerprint density at radius 3 is 2.43 bits per heavy atom. The molecule has 6 rings (SSSR count). The zero-order chi connectivity index (χ0) is 25.9. The van der Waals surface area contributed by atoms with Gasteiger partial charge in [0.15, 0.2) is 0 Å². The number of pyridine rings is 1. The van der Waals surface area contributed by atoms with Crippen LogP contribution in [-0.4, -0.2) is 48.0 Å². The Labute approximate surface area is 216 Å². The molecular formula is C30H29N3O3Si. The van der Waals surface area contributed by atoms with Gasteiger partial charge >= 0.3 is 0 Å². The first-order valence-corrected chi connectivity index (χ1v) is 16.3. The molecule has 0 N–H and O–H groups in total. The van der Waals surface area contributed by atoms with E-state index in [1.165, 1.54) is 4.90 Å². The first-order chi connectivity index (χ1) is 17.7. The molecule has 5 aromatic rings. The predicted octanol–water partition coefficient (Wildman–Crippen LogP) is 6.55. The molecule has 0 aliphatic carbocycles. The van der Waals surface area contributed by atoms with Gasteiger partial charge in [-0.3, -0.25) is 19.5 Å². The third-order valence-electron chi connectivity index (χ3n) is 7.22. The number of hydrogen-bond donors (Lipinski definition) is 0. The number of imide groups is 1. The van der Waals surface area contributed by atoms with E-state index >= 15 is 0 Å². The standard InChI is InChI=1S/C30H29N3O3Si/c1-32-29(34)27-22(20-15-19-9-5-7-11-23(19)31-17-20)16-25-26(28(27)30(32)35)21-10-6-8-12-24(21)33(25)18-36-13-14-37(2,3)4/h5-12,15-17H,13-14,18H2,1-4H3. The lowest BCUT2D eigenvalue weighted by molar-refractivity contribution is 0.0694. The molecule has 186 valence electrons. The fourth-order valence-electron chi connectivity index (χ4n) is 5.19. The van der Waals surface area contributed by atoms with E-state index in [1.54, 1.807) is 13.2 Å². The van der Waals surface area contributed by atoms with Crippen LogP contribution in [0.2, 0.25) is 25.7 Å². The van der Waals surface area contributed by atoms with Crippen molar-refractivity contribution in [3.05, 3.63) is 78.0 Å². The molecule has 0 atom stereocenters. The van der Waals surface area contributed by atoms with E-state index < -0.39 is 8.07 Å². The molecule has 1 aliphatic heterocycles. The van der Waals surface area contributed by atoms with Crippen LogP contribution in [-0.2, 0) is 11.5 Å². The molecule has 0 fully saturated rings. The van der Waals surface area contributed by atoms with Crippen LogP contribution in [0, 0.1) is 0 Å². The summed E-state index contributed by atoms with van der Waals surface area (Å²) in [5.41, 5.74) is 5.18. The van der Waals surface area contributed by atoms with Gasteiger partial charge in [0.2, 0.25) is 0 Å². The average molecular weight is 508 g/mol. The lowest BCUT2D eigenvalue weighted by atomic mass is 9.93. The highest BCUT2D eigenvalue weighted by Gasteiger charge is 2.38. The van der Waals surface area contributed by atoms with Gasteiger partial charge in [-0.25, -0.2) is 0 Å². The van der Waals surface area contributed by atoms with Crippen LogP contribution in [0.1, 0.15) is 20.7 Å². The number of amides is 2. The summed E-state index contributed by atoms with van der Waals surface area (Å²) in [4.78, 5) is 32.8. The normalized spacial score (nSPS) is 13.9. The van der Waals surface area contributed by atoms with Gasteiger partial charge in [-0.2, -0.15) is 0 Å². The van der Waals surface area contributed by atoms with E-state index in [-0.39, 0.29) is 11.8 Å². The lowest BCUT2D eigenvalue weighted by Crippen LogP contribution is -2.24. The maximum atomic E-state index is 13.5. The number of ether oxygens (including phenoxy) is 1. The third kappa shape index (κ3) is 3.86. The van der Waals surface area contributed by atoms with Crippen LogP contribution in [0.5, 0.6) is 0 Å². The van der Waals surface area contributed by atoms with E-state index in [2.05, 4.69) is 29.2 Å². The van der Waals surface area contributed by atoms with E-state index in [0.29, 0.717) is 24.5 Å². The molecule has 1 aliphatic rings. The van der Waals surface area contributed by atoms with Gasteiger partial charge in [0.25, 0.3) is 11.8 Å². The smallest absolute Gasteiger partial charge is 0.262 e. The van der Waals surface area contributed by atoms with Crippen molar-refractivity contribution in [3.8, 4) is 11.1 Å². The second-order valence-corrected chi connectivity index (χ2v) is 16.6. The fraction of sp³-hybridized carbons (Fsp3) is 0.233. The molecule has 0 radical (unpaired) electrons. The van der Waals surface area contributed by atoms with E-state index in [9.17, 15) is 9.59 Å². The number of carbonyl (C=O) groups is 2. The molecule has 7 heteroatoms. The minimum Gasteiger partial charge on any atom is -0.361 e. The van der Waals surface area contributed by atoms with Crippen molar-refractivity contribution in [2.45, 2.75) is 32.4 Å². The third-order valence-corrected chi connectivity index (χ3v) is 8.92. The molecule has 3 aromatic carbocycles. The van der Waals surface area contributed by atoms with Crippen molar-refractivity contribution in [2.75, 3.05) is 13.7 Å². The van der Waals surface area contributed by atoms with Crippen LogP contribution in [0.15, 0.2) is 66.9 Å². The Morgan fingerprint density at radius 1 is 0.892 bits per heavy atom. The minimum atomic E-state index is -1.23. The number of hydrogen-bond acceptors (Lipinski definition) is 4. The number of benzene rings is 3. The van der Waals surface area contributed by atoms with Gasteiger partial charge < -0.3 is 9.30 Å². The van der Waals surface area contributed by atoms with Crippen LogP contribution >= 0.6 is 0 Å². The number of nitrogens with zero attached hydrogens (tertiary/aromatic N) is 3. The zero-order valence-corrected chi connectivity index (χ0v) is 22.5. The maximum Gasteiger partial charge on any atom is 0.262 e. The second-order valence-electron chi connectivity index (χ2n) is 10.9. The number of rotatable bonds is 6. The molecule has 0 bridgehead atoms. The average Bonchev–Trinajstić information content (AvgIpc) is 3.32. The molecule has 2 amide bonds. The molecular weight excluding hydrogens is 478 g/mol. The highest BCUT2D eigenvalue weighted by Crippen LogP contribution is 2.42. The van der Waals surface area contributed by atoms with Gasteiger partial charge in [0.05, 0.1) is 27.7 Å². The molecule has 37 heavy (non-hydrogen) atoms. The Hall–Kier alpha value is -3.81. The molecule has 6 nitrogen and oxygen atoms in total. The van der Waals surface area contributed by atoms with Gasteiger partial charge in [-0.1, -0.05) is 56.0 Å². The van der Waals surface area contributed by atoms with Crippen molar-refractivity contribution < 1.29 is 14.3 Å². The highest BCUT2D eigenvalue weighted by molar-refractivity contribution is 6.76. The number of fused-ring (bicyclic) bond motifs is 6. The molecule has 3 heterocycles. The first-order valence-electron chi connectivity index (χ1n) is 12.6. The van der Waals surface area contributed by atoms with Crippen molar-refractivity contribution in [1.29, 1.82) is 0 Å². The summed E-state index contributed by atoms with van der Waals surface area (Å²) in [6.07, 6.45) is 1.79. The van der Waals surface area contributed by atoms with E-state index in [1.807, 2.05) is 60.7 Å². The summed E-state index contributed by atoms with van der Waals surface area (Å²) in [5.74, 6) is -0.559. The number of para-hydroxylation sites is 2. The van der Waals surface area contributed by atoms with Crippen molar-refractivity contribution in [2.24, 2.45) is 0 Å². The summed E-state index contributed by atoms with van der Waals surface area (Å²) in [6.45, 7) is 8.08. The number of carbonyl (C=O) groups excluding carboxylic acids is 2. The molecule has 0 spiro atoms. The first kappa shape index (κ1) is 23.6. The van der Waals surface area contributed by atoms with Crippen LogP contribution in [0.25, 0.3) is 43.8 Å². The van der Waals surface area contributed by atoms with Crippen LogP contribution < -0.4 is 0 Å². The van der Waals surface area contributed by atoms with Crippen molar-refractivity contribution >= 4 is 52.6 Å². The molecule has 0 unspecified atom stereocenters. The lowest BCUT2D eigenvalue weighted by Gasteiger charge is -2.16.